The monoisotopic (exact) mass is 275 g/mol. The Morgan fingerprint density at radius 2 is 1.29 bits per heavy atom. The Labute approximate surface area is 123 Å². The van der Waals surface area contributed by atoms with E-state index < -0.39 is 0 Å². The molecule has 3 heteroatoms. The van der Waals surface area contributed by atoms with Crippen LogP contribution in [0.4, 0.5) is 5.95 Å². The van der Waals surface area contributed by atoms with Crippen LogP contribution < -0.4 is 5.73 Å². The van der Waals surface area contributed by atoms with Gasteiger partial charge in [-0.25, -0.2) is 4.98 Å². The summed E-state index contributed by atoms with van der Waals surface area (Å²) in [5.74, 6) is 1.91. The largest absolute Gasteiger partial charge is 0.369 e. The molecule has 0 spiro atoms. The number of aromatic amines is 1. The number of hydrogen-bond acceptors (Lipinski definition) is 2. The molecule has 1 aliphatic carbocycles. The number of nitrogens with zero attached hydrogens (tertiary/aromatic N) is 1. The third-order valence-electron chi connectivity index (χ3n) is 4.36. The Kier molecular flexibility index (Phi) is 2.78. The fraction of sp³-hybridized carbons (Fsp3) is 0.167. The standard InChI is InChI=1S/C18H17N3/c19-18-20-11-14(21-18)17-15(12-7-3-1-4-8-12)16(17)13-9-5-2-6-10-13/h1-11,15-17H,(H3,19,20,21)/t15-,16+,17?. The second-order valence-electron chi connectivity index (χ2n) is 5.62. The molecule has 104 valence electrons. The zero-order valence-corrected chi connectivity index (χ0v) is 11.6. The Hall–Kier alpha value is -2.55. The second-order valence-corrected chi connectivity index (χ2v) is 5.62. The predicted octanol–water partition coefficient (Wildman–Crippen LogP) is 3.66. The predicted molar refractivity (Wildman–Crippen MR) is 84.1 cm³/mol. The summed E-state index contributed by atoms with van der Waals surface area (Å²) < 4.78 is 0. The number of imidazole rings is 1. The third kappa shape index (κ3) is 2.11. The van der Waals surface area contributed by atoms with E-state index >= 15 is 0 Å². The smallest absolute Gasteiger partial charge is 0.197 e. The highest BCUT2D eigenvalue weighted by Crippen LogP contribution is 2.65. The zero-order chi connectivity index (χ0) is 14.2. The van der Waals surface area contributed by atoms with Crippen molar-refractivity contribution in [3.63, 3.8) is 0 Å². The van der Waals surface area contributed by atoms with Crippen molar-refractivity contribution in [1.29, 1.82) is 0 Å². The van der Waals surface area contributed by atoms with Crippen LogP contribution in [0.3, 0.4) is 0 Å². The molecule has 1 aromatic heterocycles. The maximum atomic E-state index is 5.75. The van der Waals surface area contributed by atoms with Gasteiger partial charge < -0.3 is 10.7 Å². The normalized spacial score (nSPS) is 23.9. The number of hydrogen-bond donors (Lipinski definition) is 2. The van der Waals surface area contributed by atoms with Gasteiger partial charge >= 0.3 is 0 Å². The van der Waals surface area contributed by atoms with Crippen LogP contribution >= 0.6 is 0 Å². The average molecular weight is 275 g/mol. The van der Waals surface area contributed by atoms with Crippen LogP contribution in [0.5, 0.6) is 0 Å². The van der Waals surface area contributed by atoms with E-state index in [1.165, 1.54) is 11.1 Å². The van der Waals surface area contributed by atoms with Gasteiger partial charge in [-0.05, 0) is 11.1 Å². The fourth-order valence-electron chi connectivity index (χ4n) is 3.40. The van der Waals surface area contributed by atoms with Crippen molar-refractivity contribution in [1.82, 2.24) is 9.97 Å². The Bertz CT molecular complexity index is 688. The number of benzene rings is 2. The summed E-state index contributed by atoms with van der Waals surface area (Å²) in [4.78, 5) is 7.36. The number of aromatic nitrogens is 2. The quantitative estimate of drug-likeness (QED) is 0.766. The third-order valence-corrected chi connectivity index (χ3v) is 4.36. The van der Waals surface area contributed by atoms with Crippen molar-refractivity contribution in [2.75, 3.05) is 5.73 Å². The molecular formula is C18H17N3. The molecule has 4 rings (SSSR count). The summed E-state index contributed by atoms with van der Waals surface area (Å²) >= 11 is 0. The molecule has 3 N–H and O–H groups in total. The van der Waals surface area contributed by atoms with Gasteiger partial charge in [0.05, 0.1) is 6.20 Å². The van der Waals surface area contributed by atoms with E-state index in [1.54, 1.807) is 0 Å². The first kappa shape index (κ1) is 12.2. The molecule has 3 atom stereocenters. The summed E-state index contributed by atoms with van der Waals surface area (Å²) in [6.45, 7) is 0. The van der Waals surface area contributed by atoms with Gasteiger partial charge in [0, 0.05) is 23.4 Å². The molecule has 1 unspecified atom stereocenters. The van der Waals surface area contributed by atoms with Crippen LogP contribution in [-0.4, -0.2) is 9.97 Å². The fourth-order valence-corrected chi connectivity index (χ4v) is 3.40. The lowest BCUT2D eigenvalue weighted by atomic mass is 10.0. The molecule has 0 amide bonds. The van der Waals surface area contributed by atoms with Crippen LogP contribution in [0.25, 0.3) is 0 Å². The Balaban J connectivity index is 1.73. The van der Waals surface area contributed by atoms with E-state index in [9.17, 15) is 0 Å². The lowest BCUT2D eigenvalue weighted by Gasteiger charge is -2.00. The maximum Gasteiger partial charge on any atom is 0.197 e. The lowest BCUT2D eigenvalue weighted by Crippen LogP contribution is -1.88. The molecule has 1 fully saturated rings. The molecule has 1 aliphatic rings. The number of rotatable bonds is 3. The van der Waals surface area contributed by atoms with Gasteiger partial charge in [-0.2, -0.15) is 0 Å². The number of nitrogen functional groups attached to an aromatic ring is 1. The summed E-state index contributed by atoms with van der Waals surface area (Å²) in [6.07, 6.45) is 1.87. The minimum Gasteiger partial charge on any atom is -0.369 e. The Morgan fingerprint density at radius 1 is 0.762 bits per heavy atom. The van der Waals surface area contributed by atoms with Crippen LogP contribution in [0, 0.1) is 0 Å². The molecule has 0 aliphatic heterocycles. The van der Waals surface area contributed by atoms with E-state index in [4.69, 9.17) is 5.73 Å². The summed E-state index contributed by atoms with van der Waals surface area (Å²) in [7, 11) is 0. The van der Waals surface area contributed by atoms with Crippen molar-refractivity contribution in [3.05, 3.63) is 83.7 Å². The zero-order valence-electron chi connectivity index (χ0n) is 11.6. The van der Waals surface area contributed by atoms with Crippen molar-refractivity contribution < 1.29 is 0 Å². The molecule has 1 saturated carbocycles. The molecule has 3 aromatic rings. The molecular weight excluding hydrogens is 258 g/mol. The molecule has 0 radical (unpaired) electrons. The van der Waals surface area contributed by atoms with Crippen LogP contribution in [0.2, 0.25) is 0 Å². The van der Waals surface area contributed by atoms with Gasteiger partial charge in [0.1, 0.15) is 0 Å². The molecule has 1 heterocycles. The van der Waals surface area contributed by atoms with Crippen LogP contribution in [-0.2, 0) is 0 Å². The molecule has 0 saturated heterocycles. The second kappa shape index (κ2) is 4.77. The molecule has 3 nitrogen and oxygen atoms in total. The number of nitrogens with two attached hydrogens (primary N) is 1. The molecule has 0 bridgehead atoms. The minimum absolute atomic E-state index is 0.430. The van der Waals surface area contributed by atoms with Gasteiger partial charge in [0.2, 0.25) is 0 Å². The minimum atomic E-state index is 0.430. The van der Waals surface area contributed by atoms with Crippen molar-refractivity contribution in [3.8, 4) is 0 Å². The van der Waals surface area contributed by atoms with Gasteiger partial charge in [-0.1, -0.05) is 60.7 Å². The first-order valence-corrected chi connectivity index (χ1v) is 7.25. The number of nitrogens with one attached hydrogen (secondary N) is 1. The summed E-state index contributed by atoms with van der Waals surface area (Å²) in [5.41, 5.74) is 9.64. The van der Waals surface area contributed by atoms with Gasteiger partial charge in [-0.15, -0.1) is 0 Å². The number of anilines is 1. The Morgan fingerprint density at radius 3 is 1.71 bits per heavy atom. The van der Waals surface area contributed by atoms with Crippen molar-refractivity contribution in [2.24, 2.45) is 0 Å². The van der Waals surface area contributed by atoms with E-state index in [-0.39, 0.29) is 0 Å². The highest BCUT2D eigenvalue weighted by atomic mass is 15.0. The van der Waals surface area contributed by atoms with Gasteiger partial charge in [0.15, 0.2) is 5.95 Å². The van der Waals surface area contributed by atoms with Crippen molar-refractivity contribution in [2.45, 2.75) is 17.8 Å². The molecule has 21 heavy (non-hydrogen) atoms. The highest BCUT2D eigenvalue weighted by Gasteiger charge is 2.53. The van der Waals surface area contributed by atoms with Crippen molar-refractivity contribution >= 4 is 5.95 Å². The first-order valence-electron chi connectivity index (χ1n) is 7.25. The van der Waals surface area contributed by atoms with Crippen LogP contribution in [0.15, 0.2) is 66.9 Å². The summed E-state index contributed by atoms with van der Waals surface area (Å²) in [5, 5.41) is 0. The van der Waals surface area contributed by atoms with E-state index in [0.717, 1.165) is 5.69 Å². The highest BCUT2D eigenvalue weighted by molar-refractivity contribution is 5.46. The van der Waals surface area contributed by atoms with Gasteiger partial charge in [-0.3, -0.25) is 0 Å². The molecule has 2 aromatic carbocycles. The first-order chi connectivity index (χ1) is 10.3. The lowest BCUT2D eigenvalue weighted by molar-refractivity contribution is 0.976. The number of H-pyrrole nitrogens is 1. The van der Waals surface area contributed by atoms with Gasteiger partial charge in [0.25, 0.3) is 0 Å². The van der Waals surface area contributed by atoms with Crippen LogP contribution in [0.1, 0.15) is 34.6 Å². The maximum absolute atomic E-state index is 5.75. The summed E-state index contributed by atoms with van der Waals surface area (Å²) in [6, 6.07) is 21.4. The topological polar surface area (TPSA) is 54.7 Å². The van der Waals surface area contributed by atoms with E-state index in [2.05, 4.69) is 70.6 Å². The SMILES string of the molecule is Nc1ncc(C2[C@@H](c3ccccc3)[C@H]2c2ccccc2)[nH]1. The van der Waals surface area contributed by atoms with E-state index in [0.29, 0.717) is 23.7 Å². The van der Waals surface area contributed by atoms with E-state index in [1.807, 2.05) is 6.20 Å². The average Bonchev–Trinajstić information content (AvgIpc) is 3.15.